The third-order valence-electron chi connectivity index (χ3n) is 2.66. The van der Waals surface area contributed by atoms with E-state index in [9.17, 15) is 8.78 Å². The molecule has 0 amide bonds. The SMILES string of the molecule is CCCNCc1cc(-c2ccc(OC(F)F)cc2)on1. The molecule has 0 bridgehead atoms. The molecule has 4 nitrogen and oxygen atoms in total. The average Bonchev–Trinajstić information content (AvgIpc) is 2.88. The van der Waals surface area contributed by atoms with Gasteiger partial charge in [0.2, 0.25) is 0 Å². The minimum Gasteiger partial charge on any atom is -0.435 e. The van der Waals surface area contributed by atoms with Gasteiger partial charge in [-0.2, -0.15) is 8.78 Å². The van der Waals surface area contributed by atoms with Crippen LogP contribution in [0.4, 0.5) is 8.78 Å². The molecule has 20 heavy (non-hydrogen) atoms. The lowest BCUT2D eigenvalue weighted by Gasteiger charge is -2.03. The summed E-state index contributed by atoms with van der Waals surface area (Å²) in [5, 5.41) is 7.17. The number of alkyl halides is 2. The van der Waals surface area contributed by atoms with Crippen LogP contribution in [0.25, 0.3) is 11.3 Å². The fourth-order valence-corrected chi connectivity index (χ4v) is 1.73. The zero-order valence-electron chi connectivity index (χ0n) is 11.1. The largest absolute Gasteiger partial charge is 0.435 e. The molecule has 2 rings (SSSR count). The Bertz CT molecular complexity index is 526. The number of nitrogens with zero attached hydrogens (tertiary/aromatic N) is 1. The van der Waals surface area contributed by atoms with Gasteiger partial charge in [-0.15, -0.1) is 0 Å². The van der Waals surface area contributed by atoms with Gasteiger partial charge in [-0.25, -0.2) is 0 Å². The van der Waals surface area contributed by atoms with Crippen molar-refractivity contribution in [2.45, 2.75) is 26.5 Å². The maximum Gasteiger partial charge on any atom is 0.387 e. The van der Waals surface area contributed by atoms with Crippen molar-refractivity contribution in [3.8, 4) is 17.1 Å². The summed E-state index contributed by atoms with van der Waals surface area (Å²) >= 11 is 0. The summed E-state index contributed by atoms with van der Waals surface area (Å²) in [4.78, 5) is 0. The number of hydrogen-bond donors (Lipinski definition) is 1. The van der Waals surface area contributed by atoms with Crippen LogP contribution in [0.2, 0.25) is 0 Å². The highest BCUT2D eigenvalue weighted by Crippen LogP contribution is 2.23. The molecule has 1 aromatic heterocycles. The first kappa shape index (κ1) is 14.5. The van der Waals surface area contributed by atoms with Crippen molar-refractivity contribution in [3.05, 3.63) is 36.0 Å². The van der Waals surface area contributed by atoms with Gasteiger partial charge in [0.15, 0.2) is 5.76 Å². The highest BCUT2D eigenvalue weighted by molar-refractivity contribution is 5.58. The van der Waals surface area contributed by atoms with Crippen LogP contribution in [0.15, 0.2) is 34.9 Å². The topological polar surface area (TPSA) is 47.3 Å². The van der Waals surface area contributed by atoms with Crippen LogP contribution in [0, 0.1) is 0 Å². The molecule has 108 valence electrons. The van der Waals surface area contributed by atoms with Gasteiger partial charge >= 0.3 is 6.61 Å². The number of aromatic nitrogens is 1. The number of ether oxygens (including phenoxy) is 1. The Morgan fingerprint density at radius 2 is 2.05 bits per heavy atom. The van der Waals surface area contributed by atoms with Crippen molar-refractivity contribution in [1.29, 1.82) is 0 Å². The van der Waals surface area contributed by atoms with Crippen LogP contribution in [-0.4, -0.2) is 18.3 Å². The summed E-state index contributed by atoms with van der Waals surface area (Å²) in [6, 6.07) is 8.08. The first-order chi connectivity index (χ1) is 9.69. The van der Waals surface area contributed by atoms with E-state index in [0.29, 0.717) is 12.3 Å². The maximum absolute atomic E-state index is 12.0. The predicted octanol–water partition coefficient (Wildman–Crippen LogP) is 3.44. The van der Waals surface area contributed by atoms with Crippen molar-refractivity contribution in [2.24, 2.45) is 0 Å². The monoisotopic (exact) mass is 282 g/mol. The fourth-order valence-electron chi connectivity index (χ4n) is 1.73. The van der Waals surface area contributed by atoms with E-state index >= 15 is 0 Å². The maximum atomic E-state index is 12.0. The smallest absolute Gasteiger partial charge is 0.387 e. The van der Waals surface area contributed by atoms with E-state index < -0.39 is 6.61 Å². The molecule has 0 saturated carbocycles. The van der Waals surface area contributed by atoms with Crippen molar-refractivity contribution in [3.63, 3.8) is 0 Å². The molecule has 0 aliphatic carbocycles. The van der Waals surface area contributed by atoms with Crippen LogP contribution in [0.1, 0.15) is 19.0 Å². The Kier molecular flexibility index (Phi) is 5.06. The van der Waals surface area contributed by atoms with Crippen molar-refractivity contribution in [1.82, 2.24) is 10.5 Å². The second-order valence-electron chi connectivity index (χ2n) is 4.26. The predicted molar refractivity (Wildman–Crippen MR) is 70.6 cm³/mol. The van der Waals surface area contributed by atoms with Gasteiger partial charge in [0.1, 0.15) is 5.75 Å². The average molecular weight is 282 g/mol. The Morgan fingerprint density at radius 3 is 2.70 bits per heavy atom. The highest BCUT2D eigenvalue weighted by atomic mass is 19.3. The number of rotatable bonds is 7. The van der Waals surface area contributed by atoms with Crippen molar-refractivity contribution < 1.29 is 18.0 Å². The number of benzene rings is 1. The van der Waals surface area contributed by atoms with Gasteiger partial charge in [0.25, 0.3) is 0 Å². The van der Waals surface area contributed by atoms with Crippen LogP contribution >= 0.6 is 0 Å². The number of halogens is 2. The standard InChI is InChI=1S/C14H16F2N2O2/c1-2-7-17-9-11-8-13(20-18-11)10-3-5-12(6-4-10)19-14(15)16/h3-6,8,14,17H,2,7,9H2,1H3. The van der Waals surface area contributed by atoms with Gasteiger partial charge in [-0.05, 0) is 37.2 Å². The van der Waals surface area contributed by atoms with Crippen LogP contribution in [-0.2, 0) is 6.54 Å². The Morgan fingerprint density at radius 1 is 1.30 bits per heavy atom. The van der Waals surface area contributed by atoms with E-state index in [1.165, 1.54) is 12.1 Å². The van der Waals surface area contributed by atoms with E-state index in [1.54, 1.807) is 12.1 Å². The minimum atomic E-state index is -2.82. The molecule has 0 aliphatic rings. The molecular weight excluding hydrogens is 266 g/mol. The van der Waals surface area contributed by atoms with Gasteiger partial charge in [0.05, 0.1) is 5.69 Å². The van der Waals surface area contributed by atoms with Crippen LogP contribution < -0.4 is 10.1 Å². The Balaban J connectivity index is 2.00. The lowest BCUT2D eigenvalue weighted by Crippen LogP contribution is -2.13. The first-order valence-corrected chi connectivity index (χ1v) is 6.40. The number of hydrogen-bond acceptors (Lipinski definition) is 4. The molecule has 1 aromatic carbocycles. The molecule has 6 heteroatoms. The number of nitrogens with one attached hydrogen (secondary N) is 1. The van der Waals surface area contributed by atoms with Gasteiger partial charge in [-0.1, -0.05) is 12.1 Å². The van der Waals surface area contributed by atoms with Gasteiger partial charge in [0, 0.05) is 18.2 Å². The molecule has 0 atom stereocenters. The third-order valence-corrected chi connectivity index (χ3v) is 2.66. The van der Waals surface area contributed by atoms with E-state index in [0.717, 1.165) is 24.2 Å². The molecule has 0 saturated heterocycles. The second kappa shape index (κ2) is 7.00. The Labute approximate surface area is 115 Å². The van der Waals surface area contributed by atoms with Crippen LogP contribution in [0.3, 0.4) is 0 Å². The van der Waals surface area contributed by atoms with E-state index in [1.807, 2.05) is 6.07 Å². The second-order valence-corrected chi connectivity index (χ2v) is 4.26. The van der Waals surface area contributed by atoms with E-state index in [2.05, 4.69) is 22.1 Å². The summed E-state index contributed by atoms with van der Waals surface area (Å²) in [7, 11) is 0. The Hall–Kier alpha value is -1.95. The zero-order chi connectivity index (χ0) is 14.4. The first-order valence-electron chi connectivity index (χ1n) is 6.40. The van der Waals surface area contributed by atoms with E-state index in [4.69, 9.17) is 4.52 Å². The van der Waals surface area contributed by atoms with Crippen molar-refractivity contribution in [2.75, 3.05) is 6.54 Å². The normalized spacial score (nSPS) is 11.0. The molecule has 0 spiro atoms. The molecule has 0 unspecified atom stereocenters. The summed E-state index contributed by atoms with van der Waals surface area (Å²) < 4.78 is 33.6. The quantitative estimate of drug-likeness (QED) is 0.790. The van der Waals surface area contributed by atoms with Gasteiger partial charge < -0.3 is 14.6 Å². The van der Waals surface area contributed by atoms with E-state index in [-0.39, 0.29) is 5.75 Å². The molecule has 0 radical (unpaired) electrons. The summed E-state index contributed by atoms with van der Waals surface area (Å²) in [5.41, 5.74) is 1.57. The molecule has 1 N–H and O–H groups in total. The molecule has 2 aromatic rings. The van der Waals surface area contributed by atoms with Gasteiger partial charge in [-0.3, -0.25) is 0 Å². The zero-order valence-corrected chi connectivity index (χ0v) is 11.1. The summed E-state index contributed by atoms with van der Waals surface area (Å²) in [6.07, 6.45) is 1.05. The lowest BCUT2D eigenvalue weighted by molar-refractivity contribution is -0.0498. The summed E-state index contributed by atoms with van der Waals surface area (Å²) in [6.45, 7) is 0.832. The molecule has 0 aliphatic heterocycles. The van der Waals surface area contributed by atoms with Crippen molar-refractivity contribution >= 4 is 0 Å². The summed E-state index contributed by atoms with van der Waals surface area (Å²) in [5.74, 6) is 0.718. The highest BCUT2D eigenvalue weighted by Gasteiger charge is 2.08. The molecule has 0 fully saturated rings. The fraction of sp³-hybridized carbons (Fsp3) is 0.357. The molecule has 1 heterocycles. The molecular formula is C14H16F2N2O2. The van der Waals surface area contributed by atoms with Crippen LogP contribution in [0.5, 0.6) is 5.75 Å². The minimum absolute atomic E-state index is 0.119. The lowest BCUT2D eigenvalue weighted by atomic mass is 10.1. The third kappa shape index (κ3) is 4.03.